The minimum Gasteiger partial charge on any atom is -0.461 e. The monoisotopic (exact) mass is 248 g/mol. The van der Waals surface area contributed by atoms with Crippen molar-refractivity contribution in [1.29, 1.82) is 0 Å². The van der Waals surface area contributed by atoms with Gasteiger partial charge < -0.3 is 4.74 Å². The van der Waals surface area contributed by atoms with Crippen LogP contribution in [0.4, 0.5) is 0 Å². The molecule has 18 heavy (non-hydrogen) atoms. The summed E-state index contributed by atoms with van der Waals surface area (Å²) < 4.78 is 5.30. The van der Waals surface area contributed by atoms with E-state index in [0.717, 1.165) is 18.4 Å². The van der Waals surface area contributed by atoms with Gasteiger partial charge in [0.05, 0.1) is 0 Å². The van der Waals surface area contributed by atoms with E-state index in [1.807, 2.05) is 30.3 Å². The van der Waals surface area contributed by atoms with E-state index >= 15 is 0 Å². The third-order valence-electron chi connectivity index (χ3n) is 3.08. The smallest absolute Gasteiger partial charge is 0.306 e. The highest BCUT2D eigenvalue weighted by atomic mass is 16.5. The van der Waals surface area contributed by atoms with Gasteiger partial charge in [0.25, 0.3) is 0 Å². The number of ether oxygens (including phenoxy) is 1. The van der Waals surface area contributed by atoms with E-state index < -0.39 is 0 Å². The summed E-state index contributed by atoms with van der Waals surface area (Å²) in [5.41, 5.74) is 1.04. The number of esters is 1. The Hall–Kier alpha value is -1.31. The number of carbonyl (C=O) groups excluding carboxylic acids is 1. The molecule has 1 rings (SSSR count). The van der Waals surface area contributed by atoms with Crippen LogP contribution in [0.5, 0.6) is 0 Å². The van der Waals surface area contributed by atoms with Gasteiger partial charge in [-0.05, 0) is 23.8 Å². The Bertz CT molecular complexity index is 343. The second kappa shape index (κ2) is 7.91. The minimum absolute atomic E-state index is 0.0775. The molecule has 0 spiro atoms. The van der Waals surface area contributed by atoms with Crippen molar-refractivity contribution in [2.24, 2.45) is 11.8 Å². The molecule has 0 aliphatic rings. The predicted molar refractivity (Wildman–Crippen MR) is 74.1 cm³/mol. The van der Waals surface area contributed by atoms with Gasteiger partial charge in [-0.15, -0.1) is 0 Å². The van der Waals surface area contributed by atoms with Gasteiger partial charge in [0.15, 0.2) is 0 Å². The average Bonchev–Trinajstić information content (AvgIpc) is 2.36. The Balaban J connectivity index is 2.32. The lowest BCUT2D eigenvalue weighted by Gasteiger charge is -2.16. The molecule has 1 atom stereocenters. The Labute approximate surface area is 110 Å². The summed E-state index contributed by atoms with van der Waals surface area (Å²) in [5, 5.41) is 0. The van der Waals surface area contributed by atoms with Crippen LogP contribution in [0.2, 0.25) is 0 Å². The largest absolute Gasteiger partial charge is 0.461 e. The fourth-order valence-electron chi connectivity index (χ4n) is 2.09. The van der Waals surface area contributed by atoms with Crippen LogP contribution >= 0.6 is 0 Å². The first-order valence-corrected chi connectivity index (χ1v) is 6.81. The Morgan fingerprint density at radius 3 is 2.44 bits per heavy atom. The van der Waals surface area contributed by atoms with Crippen molar-refractivity contribution in [3.05, 3.63) is 35.9 Å². The molecule has 2 heteroatoms. The van der Waals surface area contributed by atoms with Crippen LogP contribution in [0.25, 0.3) is 0 Å². The van der Waals surface area contributed by atoms with Crippen LogP contribution in [0.15, 0.2) is 30.3 Å². The lowest BCUT2D eigenvalue weighted by atomic mass is 9.92. The summed E-state index contributed by atoms with van der Waals surface area (Å²) in [5.74, 6) is 1.01. The molecule has 1 aromatic carbocycles. The van der Waals surface area contributed by atoms with Gasteiger partial charge in [-0.25, -0.2) is 0 Å². The Morgan fingerprint density at radius 2 is 1.89 bits per heavy atom. The fourth-order valence-corrected chi connectivity index (χ4v) is 2.09. The Kier molecular flexibility index (Phi) is 6.48. The summed E-state index contributed by atoms with van der Waals surface area (Å²) >= 11 is 0. The molecule has 2 nitrogen and oxygen atoms in total. The summed E-state index contributed by atoms with van der Waals surface area (Å²) in [4.78, 5) is 11.7. The second-order valence-electron chi connectivity index (χ2n) is 5.25. The minimum atomic E-state index is -0.0775. The van der Waals surface area contributed by atoms with Crippen LogP contribution in [0, 0.1) is 11.8 Å². The van der Waals surface area contributed by atoms with E-state index in [2.05, 4.69) is 20.8 Å². The molecule has 100 valence electrons. The molecule has 0 saturated heterocycles. The highest BCUT2D eigenvalue weighted by molar-refractivity contribution is 5.69. The van der Waals surface area contributed by atoms with E-state index in [-0.39, 0.29) is 5.97 Å². The number of hydrogen-bond donors (Lipinski definition) is 0. The molecular formula is C16H24O2. The highest BCUT2D eigenvalue weighted by Crippen LogP contribution is 2.19. The molecular weight excluding hydrogens is 224 g/mol. The summed E-state index contributed by atoms with van der Waals surface area (Å²) in [6, 6.07) is 9.81. The second-order valence-corrected chi connectivity index (χ2v) is 5.25. The SMILES string of the molecule is CCC(CC(=O)OCc1ccccc1)CC(C)C. The average molecular weight is 248 g/mol. The van der Waals surface area contributed by atoms with Gasteiger partial charge in [0.1, 0.15) is 6.61 Å². The lowest BCUT2D eigenvalue weighted by Crippen LogP contribution is -2.13. The van der Waals surface area contributed by atoms with E-state index in [0.29, 0.717) is 24.9 Å². The topological polar surface area (TPSA) is 26.3 Å². The molecule has 0 aromatic heterocycles. The number of rotatable bonds is 7. The van der Waals surface area contributed by atoms with Crippen molar-refractivity contribution in [3.63, 3.8) is 0 Å². The van der Waals surface area contributed by atoms with Crippen molar-refractivity contribution in [2.45, 2.75) is 46.6 Å². The molecule has 0 amide bonds. The van der Waals surface area contributed by atoms with E-state index in [1.165, 1.54) is 0 Å². The third-order valence-corrected chi connectivity index (χ3v) is 3.08. The maximum Gasteiger partial charge on any atom is 0.306 e. The normalized spacial score (nSPS) is 12.4. The lowest BCUT2D eigenvalue weighted by molar-refractivity contribution is -0.146. The molecule has 0 fully saturated rings. The summed E-state index contributed by atoms with van der Waals surface area (Å²) in [6.45, 7) is 6.91. The first-order chi connectivity index (χ1) is 8.61. The van der Waals surface area contributed by atoms with Gasteiger partial charge in [-0.1, -0.05) is 57.5 Å². The van der Waals surface area contributed by atoms with Crippen molar-refractivity contribution in [3.8, 4) is 0 Å². The zero-order chi connectivity index (χ0) is 13.4. The van der Waals surface area contributed by atoms with E-state index in [4.69, 9.17) is 4.74 Å². The van der Waals surface area contributed by atoms with Gasteiger partial charge in [-0.2, -0.15) is 0 Å². The maximum atomic E-state index is 11.7. The number of hydrogen-bond acceptors (Lipinski definition) is 2. The van der Waals surface area contributed by atoms with Gasteiger partial charge in [0.2, 0.25) is 0 Å². The maximum absolute atomic E-state index is 11.7. The van der Waals surface area contributed by atoms with E-state index in [1.54, 1.807) is 0 Å². The molecule has 0 aliphatic heterocycles. The van der Waals surface area contributed by atoms with Gasteiger partial charge in [0, 0.05) is 6.42 Å². The van der Waals surface area contributed by atoms with Crippen molar-refractivity contribution < 1.29 is 9.53 Å². The standard InChI is InChI=1S/C16H24O2/c1-4-14(10-13(2)3)11-16(17)18-12-15-8-6-5-7-9-15/h5-9,13-14H,4,10-12H2,1-3H3. The molecule has 0 saturated carbocycles. The molecule has 1 aromatic rings. The van der Waals surface area contributed by atoms with Crippen molar-refractivity contribution in [2.75, 3.05) is 0 Å². The first kappa shape index (κ1) is 14.7. The van der Waals surface area contributed by atoms with Crippen LogP contribution in [0.1, 0.15) is 45.6 Å². The molecule has 0 N–H and O–H groups in total. The third kappa shape index (κ3) is 5.85. The van der Waals surface area contributed by atoms with Crippen LogP contribution in [0.3, 0.4) is 0 Å². The molecule has 0 radical (unpaired) electrons. The van der Waals surface area contributed by atoms with Gasteiger partial charge >= 0.3 is 5.97 Å². The van der Waals surface area contributed by atoms with E-state index in [9.17, 15) is 4.79 Å². The molecule has 0 bridgehead atoms. The van der Waals surface area contributed by atoms with Crippen LogP contribution in [-0.2, 0) is 16.1 Å². The number of benzene rings is 1. The zero-order valence-electron chi connectivity index (χ0n) is 11.7. The fraction of sp³-hybridized carbons (Fsp3) is 0.562. The number of carbonyl (C=O) groups is 1. The van der Waals surface area contributed by atoms with Gasteiger partial charge in [-0.3, -0.25) is 4.79 Å². The molecule has 1 unspecified atom stereocenters. The van der Waals surface area contributed by atoms with Crippen LogP contribution < -0.4 is 0 Å². The molecule has 0 heterocycles. The quantitative estimate of drug-likeness (QED) is 0.676. The van der Waals surface area contributed by atoms with Crippen molar-refractivity contribution in [1.82, 2.24) is 0 Å². The van der Waals surface area contributed by atoms with Crippen molar-refractivity contribution >= 4 is 5.97 Å². The highest BCUT2D eigenvalue weighted by Gasteiger charge is 2.14. The zero-order valence-corrected chi connectivity index (χ0v) is 11.7. The van der Waals surface area contributed by atoms with Crippen LogP contribution in [-0.4, -0.2) is 5.97 Å². The Morgan fingerprint density at radius 1 is 1.22 bits per heavy atom. The summed E-state index contributed by atoms with van der Waals surface area (Å²) in [7, 11) is 0. The predicted octanol–water partition coefficient (Wildman–Crippen LogP) is 4.19. The summed E-state index contributed by atoms with van der Waals surface area (Å²) in [6.07, 6.45) is 2.68. The molecule has 0 aliphatic carbocycles. The first-order valence-electron chi connectivity index (χ1n) is 6.81.